The highest BCUT2D eigenvalue weighted by atomic mass is 35.5. The van der Waals surface area contributed by atoms with Gasteiger partial charge >= 0.3 is 0 Å². The molecule has 0 saturated carbocycles. The van der Waals surface area contributed by atoms with Gasteiger partial charge in [0.2, 0.25) is 5.91 Å². The van der Waals surface area contributed by atoms with Crippen molar-refractivity contribution in [1.82, 2.24) is 10.2 Å². The van der Waals surface area contributed by atoms with Crippen molar-refractivity contribution in [1.29, 1.82) is 0 Å². The third-order valence-corrected chi connectivity index (χ3v) is 3.84. The molecule has 0 aliphatic carbocycles. The van der Waals surface area contributed by atoms with Gasteiger partial charge in [0.25, 0.3) is 0 Å². The van der Waals surface area contributed by atoms with Crippen molar-refractivity contribution < 1.29 is 4.79 Å². The Hall–Kier alpha value is 0.01000. The summed E-state index contributed by atoms with van der Waals surface area (Å²) in [5.74, 6) is 1.74. The van der Waals surface area contributed by atoms with Gasteiger partial charge < -0.3 is 10.2 Å². The summed E-state index contributed by atoms with van der Waals surface area (Å²) in [6, 6.07) is 0. The van der Waals surface area contributed by atoms with Gasteiger partial charge in [-0.1, -0.05) is 6.92 Å². The van der Waals surface area contributed by atoms with Gasteiger partial charge in [-0.3, -0.25) is 4.79 Å². The first-order chi connectivity index (χ1) is 8.20. The predicted molar refractivity (Wildman–Crippen MR) is 72.8 cm³/mol. The van der Waals surface area contributed by atoms with Crippen LogP contribution in [-0.4, -0.2) is 48.7 Å². The number of alkyl halides is 2. The SMILES string of the molecule is CC(C(=O)N(CCCl)CCCl)C1CCNCC1. The highest BCUT2D eigenvalue weighted by Gasteiger charge is 2.28. The maximum atomic E-state index is 12.3. The van der Waals surface area contributed by atoms with Crippen LogP contribution in [0.25, 0.3) is 0 Å². The average molecular weight is 281 g/mol. The van der Waals surface area contributed by atoms with Crippen molar-refractivity contribution in [3.8, 4) is 0 Å². The Bertz CT molecular complexity index is 227. The lowest BCUT2D eigenvalue weighted by Crippen LogP contribution is -2.42. The Balaban J connectivity index is 2.51. The third-order valence-electron chi connectivity index (χ3n) is 3.50. The molecule has 1 N–H and O–H groups in total. The van der Waals surface area contributed by atoms with Crippen molar-refractivity contribution in [2.45, 2.75) is 19.8 Å². The van der Waals surface area contributed by atoms with Crippen LogP contribution in [-0.2, 0) is 4.79 Å². The standard InChI is InChI=1S/C12H22Cl2N2O/c1-10(11-2-6-15-7-3-11)12(17)16(8-4-13)9-5-14/h10-11,15H,2-9H2,1H3. The normalized spacial score (nSPS) is 19.0. The molecule has 0 spiro atoms. The van der Waals surface area contributed by atoms with E-state index in [1.54, 1.807) is 4.90 Å². The number of halogens is 2. The van der Waals surface area contributed by atoms with Gasteiger partial charge in [0.05, 0.1) is 0 Å². The van der Waals surface area contributed by atoms with E-state index in [4.69, 9.17) is 23.2 Å². The molecule has 0 radical (unpaired) electrons. The minimum absolute atomic E-state index is 0.0866. The van der Waals surface area contributed by atoms with E-state index in [9.17, 15) is 4.79 Å². The summed E-state index contributed by atoms with van der Waals surface area (Å²) in [7, 11) is 0. The third kappa shape index (κ3) is 4.65. The summed E-state index contributed by atoms with van der Waals surface area (Å²) in [6.07, 6.45) is 2.17. The fraction of sp³-hybridized carbons (Fsp3) is 0.917. The van der Waals surface area contributed by atoms with E-state index < -0.39 is 0 Å². The van der Waals surface area contributed by atoms with Crippen LogP contribution in [0.15, 0.2) is 0 Å². The molecule has 100 valence electrons. The van der Waals surface area contributed by atoms with E-state index in [1.165, 1.54) is 0 Å². The molecule has 1 fully saturated rings. The molecule has 1 aliphatic heterocycles. The first-order valence-electron chi connectivity index (χ1n) is 6.32. The zero-order valence-corrected chi connectivity index (χ0v) is 11.9. The van der Waals surface area contributed by atoms with E-state index >= 15 is 0 Å². The van der Waals surface area contributed by atoms with Gasteiger partial charge in [0.15, 0.2) is 0 Å². The number of nitrogens with one attached hydrogen (secondary N) is 1. The highest BCUT2D eigenvalue weighted by Crippen LogP contribution is 2.23. The largest absolute Gasteiger partial charge is 0.340 e. The van der Waals surface area contributed by atoms with Crippen molar-refractivity contribution in [3.63, 3.8) is 0 Å². The summed E-state index contributed by atoms with van der Waals surface area (Å²) >= 11 is 11.4. The minimum atomic E-state index is 0.0866. The zero-order valence-electron chi connectivity index (χ0n) is 10.4. The first-order valence-corrected chi connectivity index (χ1v) is 7.39. The molecular formula is C12H22Cl2N2O. The van der Waals surface area contributed by atoms with Crippen LogP contribution in [0.3, 0.4) is 0 Å². The fourth-order valence-corrected chi connectivity index (χ4v) is 2.78. The van der Waals surface area contributed by atoms with E-state index in [2.05, 4.69) is 5.32 Å². The summed E-state index contributed by atoms with van der Waals surface area (Å²) in [5, 5.41) is 3.32. The lowest BCUT2D eigenvalue weighted by molar-refractivity contribution is -0.136. The minimum Gasteiger partial charge on any atom is -0.340 e. The summed E-state index contributed by atoms with van der Waals surface area (Å²) in [6.45, 7) is 5.28. The van der Waals surface area contributed by atoms with Crippen molar-refractivity contribution >= 4 is 29.1 Å². The molecule has 0 aromatic rings. The lowest BCUT2D eigenvalue weighted by atomic mass is 9.85. The molecule has 1 heterocycles. The molecule has 1 saturated heterocycles. The Morgan fingerprint density at radius 2 is 1.82 bits per heavy atom. The number of carbonyl (C=O) groups is 1. The van der Waals surface area contributed by atoms with Gasteiger partial charge in [-0.15, -0.1) is 23.2 Å². The Morgan fingerprint density at radius 1 is 1.29 bits per heavy atom. The molecule has 0 aromatic carbocycles. The van der Waals surface area contributed by atoms with Gasteiger partial charge in [0, 0.05) is 30.8 Å². The van der Waals surface area contributed by atoms with E-state index in [0.29, 0.717) is 30.8 Å². The van der Waals surface area contributed by atoms with Gasteiger partial charge in [-0.25, -0.2) is 0 Å². The maximum absolute atomic E-state index is 12.3. The van der Waals surface area contributed by atoms with Gasteiger partial charge in [-0.2, -0.15) is 0 Å². The topological polar surface area (TPSA) is 32.3 Å². The number of piperidine rings is 1. The molecule has 1 atom stereocenters. The number of hydrogen-bond acceptors (Lipinski definition) is 2. The Labute approximate surface area is 114 Å². The molecular weight excluding hydrogens is 259 g/mol. The second kappa shape index (κ2) is 8.17. The van der Waals surface area contributed by atoms with Crippen molar-refractivity contribution in [2.24, 2.45) is 11.8 Å². The van der Waals surface area contributed by atoms with E-state index in [-0.39, 0.29) is 11.8 Å². The highest BCUT2D eigenvalue weighted by molar-refractivity contribution is 6.18. The van der Waals surface area contributed by atoms with Gasteiger partial charge in [0.1, 0.15) is 0 Å². The number of rotatable bonds is 6. The van der Waals surface area contributed by atoms with Crippen LogP contribution in [0, 0.1) is 11.8 Å². The molecule has 0 aromatic heterocycles. The summed E-state index contributed by atoms with van der Waals surface area (Å²) < 4.78 is 0. The molecule has 3 nitrogen and oxygen atoms in total. The number of nitrogens with zero attached hydrogens (tertiary/aromatic N) is 1. The molecule has 1 unspecified atom stereocenters. The van der Waals surface area contributed by atoms with Crippen LogP contribution in [0.2, 0.25) is 0 Å². The van der Waals surface area contributed by atoms with Crippen molar-refractivity contribution in [3.05, 3.63) is 0 Å². The summed E-state index contributed by atoms with van der Waals surface area (Å²) in [5.41, 5.74) is 0. The fourth-order valence-electron chi connectivity index (χ4n) is 2.37. The Kier molecular flexibility index (Phi) is 7.24. The smallest absolute Gasteiger partial charge is 0.225 e. The zero-order chi connectivity index (χ0) is 12.7. The van der Waals surface area contributed by atoms with Crippen molar-refractivity contribution in [2.75, 3.05) is 37.9 Å². The molecule has 5 heteroatoms. The second-order valence-electron chi connectivity index (χ2n) is 4.58. The molecule has 1 amide bonds. The van der Waals surface area contributed by atoms with Crippen LogP contribution in [0.1, 0.15) is 19.8 Å². The van der Waals surface area contributed by atoms with Crippen LogP contribution < -0.4 is 5.32 Å². The number of carbonyl (C=O) groups excluding carboxylic acids is 1. The molecule has 1 aliphatic rings. The molecule has 17 heavy (non-hydrogen) atoms. The van der Waals surface area contributed by atoms with E-state index in [1.807, 2.05) is 6.92 Å². The molecule has 1 rings (SSSR count). The quantitative estimate of drug-likeness (QED) is 0.754. The second-order valence-corrected chi connectivity index (χ2v) is 5.34. The Morgan fingerprint density at radius 3 is 2.29 bits per heavy atom. The number of hydrogen-bond donors (Lipinski definition) is 1. The summed E-state index contributed by atoms with van der Waals surface area (Å²) in [4.78, 5) is 14.1. The lowest BCUT2D eigenvalue weighted by Gasteiger charge is -2.31. The van der Waals surface area contributed by atoms with Crippen LogP contribution in [0.5, 0.6) is 0 Å². The maximum Gasteiger partial charge on any atom is 0.225 e. The first kappa shape index (κ1) is 15.1. The van der Waals surface area contributed by atoms with E-state index in [0.717, 1.165) is 25.9 Å². The monoisotopic (exact) mass is 280 g/mol. The average Bonchev–Trinajstić information content (AvgIpc) is 2.38. The molecule has 0 bridgehead atoms. The van der Waals surface area contributed by atoms with Gasteiger partial charge in [-0.05, 0) is 31.8 Å². The van der Waals surface area contributed by atoms with Crippen LogP contribution >= 0.6 is 23.2 Å². The predicted octanol–water partition coefficient (Wildman–Crippen LogP) is 1.93. The number of amides is 1. The van der Waals surface area contributed by atoms with Crippen LogP contribution in [0.4, 0.5) is 0 Å².